The van der Waals surface area contributed by atoms with Gasteiger partial charge < -0.3 is 5.73 Å². The van der Waals surface area contributed by atoms with E-state index in [0.717, 1.165) is 5.92 Å². The van der Waals surface area contributed by atoms with E-state index in [1.165, 1.54) is 24.8 Å². The van der Waals surface area contributed by atoms with Gasteiger partial charge in [0.15, 0.2) is 0 Å². The van der Waals surface area contributed by atoms with Crippen molar-refractivity contribution >= 4 is 0 Å². The number of hydrogen-bond donors (Lipinski definition) is 1. The molecule has 14 heavy (non-hydrogen) atoms. The van der Waals surface area contributed by atoms with Crippen LogP contribution in [0.2, 0.25) is 0 Å². The Hall–Kier alpha value is -0.820. The molecule has 1 aliphatic carbocycles. The van der Waals surface area contributed by atoms with Gasteiger partial charge in [-0.1, -0.05) is 50.1 Å². The smallest absolute Gasteiger partial charge is 0.0326 e. The first kappa shape index (κ1) is 9.72. The van der Waals surface area contributed by atoms with Crippen molar-refractivity contribution in [2.45, 2.75) is 32.2 Å². The third-order valence-corrected chi connectivity index (χ3v) is 3.57. The Balaban J connectivity index is 2.12. The van der Waals surface area contributed by atoms with Crippen LogP contribution in [0.25, 0.3) is 0 Å². The Morgan fingerprint density at radius 2 is 1.93 bits per heavy atom. The zero-order chi connectivity index (χ0) is 9.97. The number of rotatable bonds is 2. The summed E-state index contributed by atoms with van der Waals surface area (Å²) in [6, 6.07) is 10.7. The van der Waals surface area contributed by atoms with Gasteiger partial charge in [-0.15, -0.1) is 0 Å². The Bertz CT molecular complexity index is 281. The molecule has 1 aromatic carbocycles. The molecule has 2 N–H and O–H groups in total. The van der Waals surface area contributed by atoms with Crippen molar-refractivity contribution in [3.63, 3.8) is 0 Å². The van der Waals surface area contributed by atoms with Crippen LogP contribution < -0.4 is 5.73 Å². The molecule has 0 saturated heterocycles. The van der Waals surface area contributed by atoms with Gasteiger partial charge >= 0.3 is 0 Å². The van der Waals surface area contributed by atoms with Crippen LogP contribution in [0, 0.1) is 11.8 Å². The highest BCUT2D eigenvalue weighted by atomic mass is 14.7. The van der Waals surface area contributed by atoms with Gasteiger partial charge in [-0.25, -0.2) is 0 Å². The summed E-state index contributed by atoms with van der Waals surface area (Å²) < 4.78 is 0. The van der Waals surface area contributed by atoms with Crippen LogP contribution in [0.3, 0.4) is 0 Å². The van der Waals surface area contributed by atoms with Crippen molar-refractivity contribution in [1.82, 2.24) is 0 Å². The lowest BCUT2D eigenvalue weighted by Crippen LogP contribution is -2.23. The lowest BCUT2D eigenvalue weighted by molar-refractivity contribution is 0.351. The second-order valence-corrected chi connectivity index (χ2v) is 4.51. The molecule has 1 aromatic rings. The number of nitrogens with two attached hydrogens (primary N) is 1. The van der Waals surface area contributed by atoms with Crippen LogP contribution >= 0.6 is 0 Å². The summed E-state index contributed by atoms with van der Waals surface area (Å²) in [5.41, 5.74) is 7.59. The fraction of sp³-hybridized carbons (Fsp3) is 0.538. The molecule has 1 heteroatoms. The van der Waals surface area contributed by atoms with Gasteiger partial charge in [0.2, 0.25) is 0 Å². The quantitative estimate of drug-likeness (QED) is 0.760. The average molecular weight is 189 g/mol. The van der Waals surface area contributed by atoms with Gasteiger partial charge in [-0.2, -0.15) is 0 Å². The van der Waals surface area contributed by atoms with Crippen molar-refractivity contribution in [1.29, 1.82) is 0 Å². The fourth-order valence-electron chi connectivity index (χ4n) is 2.63. The second kappa shape index (κ2) is 4.14. The fourth-order valence-corrected chi connectivity index (χ4v) is 2.63. The van der Waals surface area contributed by atoms with Crippen LogP contribution in [-0.2, 0) is 0 Å². The summed E-state index contributed by atoms with van der Waals surface area (Å²) in [6.07, 6.45) is 4.01. The summed E-state index contributed by atoms with van der Waals surface area (Å²) in [7, 11) is 0. The maximum Gasteiger partial charge on any atom is 0.0326 e. The SMILES string of the molecule is CC1CCCC1C(N)c1ccccc1. The molecule has 3 unspecified atom stereocenters. The van der Waals surface area contributed by atoms with E-state index in [9.17, 15) is 0 Å². The van der Waals surface area contributed by atoms with E-state index in [4.69, 9.17) is 5.73 Å². The van der Waals surface area contributed by atoms with E-state index < -0.39 is 0 Å². The lowest BCUT2D eigenvalue weighted by atomic mass is 9.87. The molecule has 2 rings (SSSR count). The summed E-state index contributed by atoms with van der Waals surface area (Å²) in [5.74, 6) is 1.49. The van der Waals surface area contributed by atoms with E-state index >= 15 is 0 Å². The minimum absolute atomic E-state index is 0.244. The highest BCUT2D eigenvalue weighted by Gasteiger charge is 2.29. The normalized spacial score (nSPS) is 29.0. The van der Waals surface area contributed by atoms with E-state index in [0.29, 0.717) is 5.92 Å². The first-order valence-corrected chi connectivity index (χ1v) is 5.59. The topological polar surface area (TPSA) is 26.0 Å². The average Bonchev–Trinajstić information content (AvgIpc) is 2.65. The monoisotopic (exact) mass is 189 g/mol. The summed E-state index contributed by atoms with van der Waals surface area (Å²) in [4.78, 5) is 0. The standard InChI is InChI=1S/C13H19N/c1-10-6-5-9-12(10)13(14)11-7-3-2-4-8-11/h2-4,7-8,10,12-13H,5-6,9,14H2,1H3. The molecular formula is C13H19N. The highest BCUT2D eigenvalue weighted by molar-refractivity contribution is 5.19. The molecule has 1 aliphatic rings. The van der Waals surface area contributed by atoms with Gasteiger partial charge in [-0.05, 0) is 23.8 Å². The van der Waals surface area contributed by atoms with Crippen LogP contribution in [0.1, 0.15) is 37.8 Å². The van der Waals surface area contributed by atoms with Crippen LogP contribution in [-0.4, -0.2) is 0 Å². The molecule has 0 radical (unpaired) electrons. The highest BCUT2D eigenvalue weighted by Crippen LogP contribution is 2.38. The minimum atomic E-state index is 0.244. The first-order chi connectivity index (χ1) is 6.79. The second-order valence-electron chi connectivity index (χ2n) is 4.51. The number of benzene rings is 1. The van der Waals surface area contributed by atoms with Gasteiger partial charge in [0.05, 0.1) is 0 Å². The van der Waals surface area contributed by atoms with Gasteiger partial charge in [0.25, 0.3) is 0 Å². The first-order valence-electron chi connectivity index (χ1n) is 5.59. The number of hydrogen-bond acceptors (Lipinski definition) is 1. The molecule has 0 amide bonds. The van der Waals surface area contributed by atoms with E-state index in [1.807, 2.05) is 6.07 Å². The van der Waals surface area contributed by atoms with Crippen molar-refractivity contribution in [3.05, 3.63) is 35.9 Å². The van der Waals surface area contributed by atoms with Gasteiger partial charge in [-0.3, -0.25) is 0 Å². The molecule has 0 bridgehead atoms. The molecule has 1 saturated carbocycles. The van der Waals surface area contributed by atoms with Crippen LogP contribution in [0.4, 0.5) is 0 Å². The van der Waals surface area contributed by atoms with E-state index in [2.05, 4.69) is 31.2 Å². The van der Waals surface area contributed by atoms with Gasteiger partial charge in [0, 0.05) is 6.04 Å². The van der Waals surface area contributed by atoms with E-state index in [-0.39, 0.29) is 6.04 Å². The summed E-state index contributed by atoms with van der Waals surface area (Å²) >= 11 is 0. The maximum absolute atomic E-state index is 6.29. The minimum Gasteiger partial charge on any atom is -0.324 e. The Kier molecular flexibility index (Phi) is 2.87. The third kappa shape index (κ3) is 1.83. The van der Waals surface area contributed by atoms with Crippen molar-refractivity contribution in [2.75, 3.05) is 0 Å². The molecule has 0 heterocycles. The largest absolute Gasteiger partial charge is 0.324 e. The zero-order valence-electron chi connectivity index (χ0n) is 8.82. The van der Waals surface area contributed by atoms with Gasteiger partial charge in [0.1, 0.15) is 0 Å². The maximum atomic E-state index is 6.29. The molecule has 1 fully saturated rings. The molecule has 1 nitrogen and oxygen atoms in total. The van der Waals surface area contributed by atoms with Crippen molar-refractivity contribution < 1.29 is 0 Å². The van der Waals surface area contributed by atoms with Crippen LogP contribution in [0.15, 0.2) is 30.3 Å². The molecule has 0 spiro atoms. The van der Waals surface area contributed by atoms with Crippen molar-refractivity contribution in [2.24, 2.45) is 17.6 Å². The summed E-state index contributed by atoms with van der Waals surface area (Å²) in [6.45, 7) is 2.33. The Morgan fingerprint density at radius 1 is 1.21 bits per heavy atom. The molecule has 0 aliphatic heterocycles. The molecule has 3 atom stereocenters. The predicted octanol–water partition coefficient (Wildman–Crippen LogP) is 3.12. The lowest BCUT2D eigenvalue weighted by Gasteiger charge is -2.23. The molecule has 76 valence electrons. The predicted molar refractivity (Wildman–Crippen MR) is 59.9 cm³/mol. The van der Waals surface area contributed by atoms with Crippen molar-refractivity contribution in [3.8, 4) is 0 Å². The molecule has 0 aromatic heterocycles. The molecular weight excluding hydrogens is 170 g/mol. The summed E-state index contributed by atoms with van der Waals surface area (Å²) in [5, 5.41) is 0. The zero-order valence-corrected chi connectivity index (χ0v) is 8.82. The Morgan fingerprint density at radius 3 is 2.50 bits per heavy atom. The van der Waals surface area contributed by atoms with Crippen LogP contribution in [0.5, 0.6) is 0 Å². The third-order valence-electron chi connectivity index (χ3n) is 3.57. The Labute approximate surface area is 86.3 Å². The van der Waals surface area contributed by atoms with E-state index in [1.54, 1.807) is 0 Å².